The Labute approximate surface area is 205 Å². The molecular weight excluding hydrogens is 517 g/mol. The highest BCUT2D eigenvalue weighted by Crippen LogP contribution is 2.45. The van der Waals surface area contributed by atoms with E-state index < -0.39 is 0 Å². The Bertz CT molecular complexity index is 1210. The van der Waals surface area contributed by atoms with Gasteiger partial charge in [-0.15, -0.1) is 0 Å². The maximum Gasteiger partial charge on any atom is 0.274 e. The van der Waals surface area contributed by atoms with Crippen LogP contribution in [0.4, 0.5) is 0 Å². The summed E-state index contributed by atoms with van der Waals surface area (Å²) in [5, 5.41) is 5.68. The quantitative estimate of drug-likeness (QED) is 0.388. The molecule has 2 aromatic carbocycles. The molecule has 6 nitrogen and oxygen atoms in total. The summed E-state index contributed by atoms with van der Waals surface area (Å²) >= 11 is 16.1. The average Bonchev–Trinajstić information content (AvgIpc) is 3.11. The summed E-state index contributed by atoms with van der Waals surface area (Å²) in [5.41, 5.74) is 2.82. The smallest absolute Gasteiger partial charge is 0.274 e. The number of fused-ring (bicyclic) bond motifs is 3. The second kappa shape index (κ2) is 8.28. The van der Waals surface area contributed by atoms with E-state index in [0.717, 1.165) is 15.7 Å². The predicted octanol–water partition coefficient (Wildman–Crippen LogP) is 6.38. The van der Waals surface area contributed by atoms with Gasteiger partial charge in [-0.3, -0.25) is 4.79 Å². The van der Waals surface area contributed by atoms with Crippen molar-refractivity contribution in [1.29, 1.82) is 0 Å². The third kappa shape index (κ3) is 3.98. The third-order valence-corrected chi connectivity index (χ3v) is 6.53. The van der Waals surface area contributed by atoms with Crippen molar-refractivity contribution in [2.24, 2.45) is 0 Å². The molecule has 0 atom stereocenters. The average molecular weight is 539 g/mol. The van der Waals surface area contributed by atoms with E-state index in [-0.39, 0.29) is 18.1 Å². The number of hydrogen-bond donors (Lipinski definition) is 0. The van der Waals surface area contributed by atoms with E-state index in [1.54, 1.807) is 41.9 Å². The molecule has 32 heavy (non-hydrogen) atoms. The van der Waals surface area contributed by atoms with Gasteiger partial charge in [0.2, 0.25) is 0 Å². The summed E-state index contributed by atoms with van der Waals surface area (Å²) in [5.74, 6) is 1.09. The molecule has 4 rings (SSSR count). The third-order valence-electron chi connectivity index (χ3n) is 5.47. The number of rotatable bonds is 3. The second-order valence-electron chi connectivity index (χ2n) is 8.52. The number of hydrogen-bond acceptors (Lipinski definition) is 4. The van der Waals surface area contributed by atoms with Crippen molar-refractivity contribution in [3.8, 4) is 28.4 Å². The van der Waals surface area contributed by atoms with Crippen LogP contribution >= 0.6 is 39.1 Å². The van der Waals surface area contributed by atoms with Crippen LogP contribution < -0.4 is 9.47 Å². The second-order valence-corrected chi connectivity index (χ2v) is 10.2. The highest BCUT2D eigenvalue weighted by Gasteiger charge is 2.34. The molecule has 9 heteroatoms. The van der Waals surface area contributed by atoms with E-state index in [0.29, 0.717) is 38.5 Å². The number of halogens is 3. The van der Waals surface area contributed by atoms with Crippen molar-refractivity contribution in [1.82, 2.24) is 14.7 Å². The molecule has 1 aliphatic rings. The molecule has 0 saturated heterocycles. The zero-order valence-corrected chi connectivity index (χ0v) is 21.4. The molecule has 0 saturated carbocycles. The number of amides is 1. The maximum absolute atomic E-state index is 13.4. The highest BCUT2D eigenvalue weighted by atomic mass is 79.9. The lowest BCUT2D eigenvalue weighted by Gasteiger charge is -2.31. The molecule has 168 valence electrons. The van der Waals surface area contributed by atoms with Crippen molar-refractivity contribution in [3.63, 3.8) is 0 Å². The minimum absolute atomic E-state index is 0.194. The SMILES string of the molecule is COc1cc2c(cc1Br)-c1c(c(C(=O)N(C)C(C)(C)C)nn1-c1cc(Cl)cc(Cl)c1)CO2. The molecule has 1 aromatic heterocycles. The van der Waals surface area contributed by atoms with Gasteiger partial charge < -0.3 is 14.4 Å². The van der Waals surface area contributed by atoms with Gasteiger partial charge in [-0.1, -0.05) is 23.2 Å². The lowest BCUT2D eigenvalue weighted by Crippen LogP contribution is -2.43. The molecule has 0 unspecified atom stereocenters. The number of carbonyl (C=O) groups excluding carboxylic acids is 1. The Morgan fingerprint density at radius 3 is 2.44 bits per heavy atom. The monoisotopic (exact) mass is 537 g/mol. The van der Waals surface area contributed by atoms with Crippen LogP contribution in [-0.4, -0.2) is 40.3 Å². The normalized spacial score (nSPS) is 12.6. The van der Waals surface area contributed by atoms with Crippen molar-refractivity contribution in [2.75, 3.05) is 14.2 Å². The minimum atomic E-state index is -0.378. The fourth-order valence-corrected chi connectivity index (χ4v) is 4.51. The van der Waals surface area contributed by atoms with E-state index in [9.17, 15) is 4.79 Å². The molecule has 1 aliphatic heterocycles. The first kappa shape index (κ1) is 23.0. The van der Waals surface area contributed by atoms with E-state index in [1.165, 1.54) is 0 Å². The lowest BCUT2D eigenvalue weighted by molar-refractivity contribution is 0.0646. The van der Waals surface area contributed by atoms with E-state index >= 15 is 0 Å². The minimum Gasteiger partial charge on any atom is -0.495 e. The van der Waals surface area contributed by atoms with Gasteiger partial charge in [0.05, 0.1) is 23.0 Å². The van der Waals surface area contributed by atoms with Crippen LogP contribution in [0.5, 0.6) is 11.5 Å². The van der Waals surface area contributed by atoms with E-state index in [1.807, 2.05) is 32.9 Å². The van der Waals surface area contributed by atoms with Crippen molar-refractivity contribution in [3.05, 3.63) is 56.1 Å². The molecule has 2 heterocycles. The molecule has 0 spiro atoms. The van der Waals surface area contributed by atoms with Gasteiger partial charge >= 0.3 is 0 Å². The summed E-state index contributed by atoms with van der Waals surface area (Å²) in [6.45, 7) is 6.11. The van der Waals surface area contributed by atoms with Crippen molar-refractivity contribution < 1.29 is 14.3 Å². The fraction of sp³-hybridized carbons (Fsp3) is 0.304. The van der Waals surface area contributed by atoms with Crippen molar-refractivity contribution >= 4 is 45.0 Å². The summed E-state index contributed by atoms with van der Waals surface area (Å²) < 4.78 is 13.9. The summed E-state index contributed by atoms with van der Waals surface area (Å²) in [6.07, 6.45) is 0. The lowest BCUT2D eigenvalue weighted by atomic mass is 10.0. The number of aromatic nitrogens is 2. The van der Waals surface area contributed by atoms with Crippen LogP contribution in [0.25, 0.3) is 16.9 Å². The molecule has 0 aliphatic carbocycles. The molecule has 0 fully saturated rings. The van der Waals surface area contributed by atoms with Crippen LogP contribution in [0, 0.1) is 0 Å². The zero-order chi connectivity index (χ0) is 23.4. The Morgan fingerprint density at radius 1 is 1.19 bits per heavy atom. The van der Waals surface area contributed by atoms with E-state index in [2.05, 4.69) is 15.9 Å². The van der Waals surface area contributed by atoms with Crippen LogP contribution in [-0.2, 0) is 6.61 Å². The number of ether oxygens (including phenoxy) is 2. The Balaban J connectivity index is 2.00. The Kier molecular flexibility index (Phi) is 5.94. The van der Waals surface area contributed by atoms with Gasteiger partial charge in [0, 0.05) is 39.8 Å². The Hall–Kier alpha value is -2.22. The number of carbonyl (C=O) groups is 1. The summed E-state index contributed by atoms with van der Waals surface area (Å²) in [7, 11) is 3.36. The highest BCUT2D eigenvalue weighted by molar-refractivity contribution is 9.10. The van der Waals surface area contributed by atoms with Gasteiger partial charge in [0.25, 0.3) is 5.91 Å². The standard InChI is InChI=1S/C23H22BrCl2N3O3/c1-23(2,3)28(4)22(30)20-16-11-32-18-10-19(31-5)17(24)9-15(18)21(16)29(27-20)14-7-12(25)6-13(26)8-14/h6-10H,11H2,1-5H3. The first-order valence-electron chi connectivity index (χ1n) is 9.88. The first-order valence-corrected chi connectivity index (χ1v) is 11.4. The van der Waals surface area contributed by atoms with Gasteiger partial charge in [0.1, 0.15) is 18.1 Å². The first-order chi connectivity index (χ1) is 15.0. The fourth-order valence-electron chi connectivity index (χ4n) is 3.49. The van der Waals surface area contributed by atoms with Crippen LogP contribution in [0.15, 0.2) is 34.8 Å². The number of nitrogens with zero attached hydrogens (tertiary/aromatic N) is 3. The summed E-state index contributed by atoms with van der Waals surface area (Å²) in [4.78, 5) is 15.1. The van der Waals surface area contributed by atoms with Crippen LogP contribution in [0.1, 0.15) is 36.8 Å². The van der Waals surface area contributed by atoms with Gasteiger partial charge in [-0.2, -0.15) is 5.10 Å². The molecule has 0 bridgehead atoms. The molecule has 1 amide bonds. The summed E-state index contributed by atoms with van der Waals surface area (Å²) in [6, 6.07) is 8.89. The van der Waals surface area contributed by atoms with Crippen LogP contribution in [0.2, 0.25) is 10.0 Å². The predicted molar refractivity (Wildman–Crippen MR) is 129 cm³/mol. The van der Waals surface area contributed by atoms with Crippen molar-refractivity contribution in [2.45, 2.75) is 32.9 Å². The van der Waals surface area contributed by atoms with Gasteiger partial charge in [-0.05, 0) is 61.0 Å². The van der Waals surface area contributed by atoms with E-state index in [4.69, 9.17) is 37.8 Å². The van der Waals surface area contributed by atoms with Gasteiger partial charge in [0.15, 0.2) is 5.69 Å². The molecule has 3 aromatic rings. The maximum atomic E-state index is 13.4. The number of benzene rings is 2. The molecule has 0 radical (unpaired) electrons. The molecular formula is C23H22BrCl2N3O3. The van der Waals surface area contributed by atoms with Gasteiger partial charge in [-0.25, -0.2) is 4.68 Å². The topological polar surface area (TPSA) is 56.6 Å². The van der Waals surface area contributed by atoms with Crippen LogP contribution in [0.3, 0.4) is 0 Å². The molecule has 0 N–H and O–H groups in total. The number of methoxy groups -OCH3 is 1. The largest absolute Gasteiger partial charge is 0.495 e. The Morgan fingerprint density at radius 2 is 1.84 bits per heavy atom. The zero-order valence-electron chi connectivity index (χ0n) is 18.3.